The lowest BCUT2D eigenvalue weighted by Gasteiger charge is -2.12. The number of fused-ring (bicyclic) bond motifs is 2. The summed E-state index contributed by atoms with van der Waals surface area (Å²) in [7, 11) is -7.56. The molecule has 0 aliphatic rings. The van der Waals surface area contributed by atoms with E-state index in [0.29, 0.717) is 21.8 Å². The Morgan fingerprint density at radius 1 is 0.667 bits per heavy atom. The monoisotopic (exact) mass is 484 g/mol. The highest BCUT2D eigenvalue weighted by molar-refractivity contribution is 7.90. The van der Waals surface area contributed by atoms with E-state index in [1.165, 1.54) is 0 Å². The standard InChI is InChI=1S/C23H24N4O4S2/c1-16-8-10-20(18-6-3-12-24-22(16)18)32(28,29)26-14-5-15-27-33(30,31)21-11-9-17(2)23-19(21)7-4-13-25-23/h3-4,6-13,26-27H,5,14-15H2,1-2H3. The van der Waals surface area contributed by atoms with Crippen molar-refractivity contribution >= 4 is 41.9 Å². The van der Waals surface area contributed by atoms with Crippen LogP contribution in [0.3, 0.4) is 0 Å². The molecule has 0 saturated heterocycles. The number of rotatable bonds is 8. The lowest BCUT2D eigenvalue weighted by atomic mass is 10.1. The van der Waals surface area contributed by atoms with E-state index >= 15 is 0 Å². The maximum Gasteiger partial charge on any atom is 0.241 e. The van der Waals surface area contributed by atoms with Crippen molar-refractivity contribution in [2.75, 3.05) is 13.1 Å². The third kappa shape index (κ3) is 4.74. The summed E-state index contributed by atoms with van der Waals surface area (Å²) in [6, 6.07) is 13.4. The predicted molar refractivity (Wildman–Crippen MR) is 128 cm³/mol. The zero-order valence-electron chi connectivity index (χ0n) is 18.2. The van der Waals surface area contributed by atoms with Crippen LogP contribution in [0.5, 0.6) is 0 Å². The minimum atomic E-state index is -3.78. The zero-order valence-corrected chi connectivity index (χ0v) is 19.9. The fraction of sp³-hybridized carbons (Fsp3) is 0.217. The molecule has 0 aliphatic carbocycles. The van der Waals surface area contributed by atoms with Gasteiger partial charge in [0.25, 0.3) is 0 Å². The fourth-order valence-electron chi connectivity index (χ4n) is 3.70. The van der Waals surface area contributed by atoms with Crippen LogP contribution in [0, 0.1) is 13.8 Å². The van der Waals surface area contributed by atoms with Gasteiger partial charge in [-0.2, -0.15) is 0 Å². The van der Waals surface area contributed by atoms with Crippen molar-refractivity contribution in [1.29, 1.82) is 0 Å². The van der Waals surface area contributed by atoms with E-state index in [1.807, 2.05) is 13.8 Å². The summed E-state index contributed by atoms with van der Waals surface area (Å²) in [5, 5.41) is 1.09. The van der Waals surface area contributed by atoms with Gasteiger partial charge in [-0.15, -0.1) is 0 Å². The van der Waals surface area contributed by atoms with E-state index < -0.39 is 20.0 Å². The van der Waals surface area contributed by atoms with E-state index in [1.54, 1.807) is 60.9 Å². The molecule has 8 nitrogen and oxygen atoms in total. The minimum Gasteiger partial charge on any atom is -0.256 e. The van der Waals surface area contributed by atoms with Crippen LogP contribution in [0.1, 0.15) is 17.5 Å². The summed E-state index contributed by atoms with van der Waals surface area (Å²) in [6.45, 7) is 3.91. The molecule has 0 unspecified atom stereocenters. The highest BCUT2D eigenvalue weighted by Crippen LogP contribution is 2.25. The molecule has 10 heteroatoms. The molecule has 33 heavy (non-hydrogen) atoms. The number of sulfonamides is 2. The van der Waals surface area contributed by atoms with Crippen molar-refractivity contribution in [2.24, 2.45) is 0 Å². The quantitative estimate of drug-likeness (QED) is 0.371. The van der Waals surface area contributed by atoms with Crippen molar-refractivity contribution < 1.29 is 16.8 Å². The smallest absolute Gasteiger partial charge is 0.241 e. The van der Waals surface area contributed by atoms with Gasteiger partial charge in [0.05, 0.1) is 20.8 Å². The fourth-order valence-corrected chi connectivity index (χ4v) is 6.24. The average molecular weight is 485 g/mol. The van der Waals surface area contributed by atoms with Gasteiger partial charge in [0, 0.05) is 36.3 Å². The van der Waals surface area contributed by atoms with Crippen molar-refractivity contribution in [3.05, 3.63) is 72.1 Å². The summed E-state index contributed by atoms with van der Waals surface area (Å²) < 4.78 is 56.4. The van der Waals surface area contributed by atoms with Crippen LogP contribution in [-0.4, -0.2) is 39.9 Å². The maximum atomic E-state index is 12.8. The number of hydrogen-bond acceptors (Lipinski definition) is 6. The Kier molecular flexibility index (Phi) is 6.44. The first kappa shape index (κ1) is 23.2. The Morgan fingerprint density at radius 3 is 1.52 bits per heavy atom. The van der Waals surface area contributed by atoms with Gasteiger partial charge in [-0.25, -0.2) is 26.3 Å². The molecule has 4 aromatic rings. The molecule has 4 rings (SSSR count). The molecular formula is C23H24N4O4S2. The molecule has 0 bridgehead atoms. The van der Waals surface area contributed by atoms with Gasteiger partial charge in [-0.05, 0) is 67.8 Å². The van der Waals surface area contributed by atoms with Gasteiger partial charge < -0.3 is 0 Å². The topological polar surface area (TPSA) is 118 Å². The van der Waals surface area contributed by atoms with Gasteiger partial charge in [-0.3, -0.25) is 9.97 Å². The summed E-state index contributed by atoms with van der Waals surface area (Å²) in [5.74, 6) is 0. The molecule has 0 fully saturated rings. The summed E-state index contributed by atoms with van der Waals surface area (Å²) in [5.41, 5.74) is 3.04. The first-order valence-electron chi connectivity index (χ1n) is 10.4. The van der Waals surface area contributed by atoms with Crippen molar-refractivity contribution in [3.63, 3.8) is 0 Å². The van der Waals surface area contributed by atoms with Crippen LogP contribution < -0.4 is 9.44 Å². The van der Waals surface area contributed by atoms with Gasteiger partial charge >= 0.3 is 0 Å². The number of nitrogens with one attached hydrogen (secondary N) is 2. The van der Waals surface area contributed by atoms with E-state index in [-0.39, 0.29) is 29.3 Å². The minimum absolute atomic E-state index is 0.0800. The molecule has 2 aromatic carbocycles. The summed E-state index contributed by atoms with van der Waals surface area (Å²) in [4.78, 5) is 8.85. The molecule has 2 heterocycles. The van der Waals surface area contributed by atoms with Gasteiger partial charge in [-0.1, -0.05) is 12.1 Å². The Morgan fingerprint density at radius 2 is 1.09 bits per heavy atom. The van der Waals surface area contributed by atoms with Crippen LogP contribution in [0.2, 0.25) is 0 Å². The molecular weight excluding hydrogens is 460 g/mol. The Hall–Kier alpha value is -2.92. The Balaban J connectivity index is 1.42. The Labute approximate surface area is 193 Å². The number of aryl methyl sites for hydroxylation is 2. The number of benzene rings is 2. The largest absolute Gasteiger partial charge is 0.256 e. The number of aromatic nitrogens is 2. The van der Waals surface area contributed by atoms with E-state index in [4.69, 9.17) is 0 Å². The SMILES string of the molecule is Cc1ccc(S(=O)(=O)NCCCNS(=O)(=O)c2ccc(C)c3ncccc23)c2cccnc12. The van der Waals surface area contributed by atoms with Crippen molar-refractivity contribution in [2.45, 2.75) is 30.1 Å². The molecule has 172 valence electrons. The second-order valence-electron chi connectivity index (χ2n) is 7.71. The first-order valence-corrected chi connectivity index (χ1v) is 13.4. The first-order chi connectivity index (χ1) is 15.7. The number of pyridine rings is 2. The highest BCUT2D eigenvalue weighted by atomic mass is 32.2. The third-order valence-electron chi connectivity index (χ3n) is 5.38. The highest BCUT2D eigenvalue weighted by Gasteiger charge is 2.20. The van der Waals surface area contributed by atoms with Crippen LogP contribution >= 0.6 is 0 Å². The molecule has 0 spiro atoms. The normalized spacial score (nSPS) is 12.4. The van der Waals surface area contributed by atoms with Gasteiger partial charge in [0.1, 0.15) is 0 Å². The number of hydrogen-bond donors (Lipinski definition) is 2. The van der Waals surface area contributed by atoms with E-state index in [2.05, 4.69) is 19.4 Å². The van der Waals surface area contributed by atoms with Crippen molar-refractivity contribution in [3.8, 4) is 0 Å². The average Bonchev–Trinajstić information content (AvgIpc) is 2.79. The zero-order chi connectivity index (χ0) is 23.6. The predicted octanol–water partition coefficient (Wildman–Crippen LogP) is 3.05. The lowest BCUT2D eigenvalue weighted by molar-refractivity contribution is 0.573. The van der Waals surface area contributed by atoms with Crippen molar-refractivity contribution in [1.82, 2.24) is 19.4 Å². The Bertz CT molecular complexity index is 1430. The third-order valence-corrected chi connectivity index (χ3v) is 8.42. The van der Waals surface area contributed by atoms with Crippen LogP contribution in [0.25, 0.3) is 21.8 Å². The number of nitrogens with zero attached hydrogens (tertiary/aromatic N) is 2. The molecule has 0 atom stereocenters. The van der Waals surface area contributed by atoms with Crippen LogP contribution in [-0.2, 0) is 20.0 Å². The van der Waals surface area contributed by atoms with E-state index in [9.17, 15) is 16.8 Å². The van der Waals surface area contributed by atoms with Crippen LogP contribution in [0.4, 0.5) is 0 Å². The molecule has 0 saturated carbocycles. The summed E-state index contributed by atoms with van der Waals surface area (Å²) >= 11 is 0. The lowest BCUT2D eigenvalue weighted by Crippen LogP contribution is -2.30. The van der Waals surface area contributed by atoms with Gasteiger partial charge in [0.2, 0.25) is 20.0 Å². The molecule has 2 N–H and O–H groups in total. The molecule has 2 aromatic heterocycles. The molecule has 0 aliphatic heterocycles. The van der Waals surface area contributed by atoms with E-state index in [0.717, 1.165) is 11.1 Å². The summed E-state index contributed by atoms with van der Waals surface area (Å²) in [6.07, 6.45) is 3.53. The van der Waals surface area contributed by atoms with Gasteiger partial charge in [0.15, 0.2) is 0 Å². The maximum absolute atomic E-state index is 12.8. The molecule has 0 radical (unpaired) electrons. The second-order valence-corrected chi connectivity index (χ2v) is 11.2. The van der Waals surface area contributed by atoms with Crippen LogP contribution in [0.15, 0.2) is 70.7 Å². The molecule has 0 amide bonds. The second kappa shape index (κ2) is 9.14.